The van der Waals surface area contributed by atoms with Gasteiger partial charge in [0.05, 0.1) is 13.1 Å². The maximum absolute atomic E-state index is 10.7. The van der Waals surface area contributed by atoms with Crippen LogP contribution in [-0.2, 0) is 11.3 Å². The van der Waals surface area contributed by atoms with Gasteiger partial charge in [0.25, 0.3) is 0 Å². The summed E-state index contributed by atoms with van der Waals surface area (Å²) in [5, 5.41) is 0. The van der Waals surface area contributed by atoms with E-state index in [4.69, 9.17) is 11.6 Å². The summed E-state index contributed by atoms with van der Waals surface area (Å²) in [6.45, 7) is 0.882. The van der Waals surface area contributed by atoms with E-state index in [-0.39, 0.29) is 0 Å². The molecule has 4 nitrogen and oxygen atoms in total. The maximum atomic E-state index is 10.7. The number of aromatic nitrogens is 2. The average Bonchev–Trinajstić information content (AvgIpc) is 2.75. The summed E-state index contributed by atoms with van der Waals surface area (Å²) >= 11 is 7.18. The van der Waals surface area contributed by atoms with Crippen LogP contribution >= 0.6 is 22.9 Å². The monoisotopic (exact) mass is 267 g/mol. The summed E-state index contributed by atoms with van der Waals surface area (Å²) in [7, 11) is 0. The molecule has 6 heteroatoms. The third kappa shape index (κ3) is 3.25. The molecule has 0 amide bonds. The van der Waals surface area contributed by atoms with Crippen molar-refractivity contribution >= 4 is 35.0 Å². The minimum atomic E-state index is 0.298. The molecule has 0 saturated heterocycles. The molecule has 0 aliphatic carbocycles. The summed E-state index contributed by atoms with van der Waals surface area (Å²) in [6.07, 6.45) is 4.28. The fraction of sp³-hybridized carbons (Fsp3) is 0.182. The zero-order valence-electron chi connectivity index (χ0n) is 8.91. The van der Waals surface area contributed by atoms with Gasteiger partial charge in [0.15, 0.2) is 4.47 Å². The minimum Gasteiger partial charge on any atom is -0.344 e. The Balaban J connectivity index is 2.15. The number of hydrogen-bond acceptors (Lipinski definition) is 5. The van der Waals surface area contributed by atoms with Crippen molar-refractivity contribution in [1.82, 2.24) is 9.97 Å². The standard InChI is InChI=1S/C11H10ClN3OS/c12-11-14-7-9(17-11)8-15(5-6-16)10-3-1-2-4-13-10/h1-4,6-7H,5,8H2. The second-order valence-corrected chi connectivity index (χ2v) is 5.01. The van der Waals surface area contributed by atoms with Crippen LogP contribution in [0.1, 0.15) is 4.88 Å². The number of aldehydes is 1. The second-order valence-electron chi connectivity index (χ2n) is 3.31. The lowest BCUT2D eigenvalue weighted by Crippen LogP contribution is -2.25. The van der Waals surface area contributed by atoms with Crippen molar-refractivity contribution < 1.29 is 4.79 Å². The average molecular weight is 268 g/mol. The van der Waals surface area contributed by atoms with Crippen molar-refractivity contribution in [2.75, 3.05) is 11.4 Å². The molecule has 2 aromatic heterocycles. The molecule has 0 aliphatic heterocycles. The number of anilines is 1. The first kappa shape index (κ1) is 12.0. The Bertz CT molecular complexity index is 488. The number of carbonyl (C=O) groups excluding carboxylic acids is 1. The number of rotatable bonds is 5. The number of carbonyl (C=O) groups is 1. The SMILES string of the molecule is O=CCN(Cc1cnc(Cl)s1)c1ccccn1. The molecule has 0 bridgehead atoms. The summed E-state index contributed by atoms with van der Waals surface area (Å²) in [5.74, 6) is 0.768. The molecular formula is C11H10ClN3OS. The molecule has 0 saturated carbocycles. The van der Waals surface area contributed by atoms with Crippen LogP contribution in [0.25, 0.3) is 0 Å². The quantitative estimate of drug-likeness (QED) is 0.781. The topological polar surface area (TPSA) is 46.1 Å². The highest BCUT2D eigenvalue weighted by Crippen LogP contribution is 2.21. The van der Waals surface area contributed by atoms with Crippen molar-refractivity contribution in [2.24, 2.45) is 0 Å². The number of nitrogens with zero attached hydrogens (tertiary/aromatic N) is 3. The molecule has 0 spiro atoms. The van der Waals surface area contributed by atoms with Gasteiger partial charge in [-0.3, -0.25) is 0 Å². The van der Waals surface area contributed by atoms with Gasteiger partial charge in [-0.25, -0.2) is 9.97 Å². The van der Waals surface area contributed by atoms with Crippen LogP contribution in [0.5, 0.6) is 0 Å². The predicted molar refractivity (Wildman–Crippen MR) is 68.5 cm³/mol. The van der Waals surface area contributed by atoms with Crippen molar-refractivity contribution in [1.29, 1.82) is 0 Å². The Hall–Kier alpha value is -1.46. The van der Waals surface area contributed by atoms with E-state index in [1.54, 1.807) is 12.4 Å². The Kier molecular flexibility index (Phi) is 4.06. The van der Waals surface area contributed by atoms with Crippen LogP contribution in [0, 0.1) is 0 Å². The molecular weight excluding hydrogens is 258 g/mol. The second kappa shape index (κ2) is 5.75. The first-order valence-corrected chi connectivity index (χ1v) is 6.19. The van der Waals surface area contributed by atoms with E-state index in [1.165, 1.54) is 11.3 Å². The van der Waals surface area contributed by atoms with E-state index in [1.807, 2.05) is 23.1 Å². The molecule has 17 heavy (non-hydrogen) atoms. The van der Waals surface area contributed by atoms with E-state index >= 15 is 0 Å². The highest BCUT2D eigenvalue weighted by atomic mass is 35.5. The minimum absolute atomic E-state index is 0.298. The third-order valence-electron chi connectivity index (χ3n) is 2.14. The van der Waals surface area contributed by atoms with Crippen LogP contribution in [-0.4, -0.2) is 22.8 Å². The van der Waals surface area contributed by atoms with Crippen LogP contribution < -0.4 is 4.90 Å². The molecule has 0 radical (unpaired) electrons. The van der Waals surface area contributed by atoms with E-state index in [2.05, 4.69) is 9.97 Å². The normalized spacial score (nSPS) is 10.2. The molecule has 88 valence electrons. The Morgan fingerprint density at radius 2 is 2.29 bits per heavy atom. The van der Waals surface area contributed by atoms with Crippen molar-refractivity contribution in [3.63, 3.8) is 0 Å². The lowest BCUT2D eigenvalue weighted by Gasteiger charge is -2.19. The molecule has 0 aliphatic rings. The summed E-state index contributed by atoms with van der Waals surface area (Å²) in [4.78, 5) is 21.7. The van der Waals surface area contributed by atoms with E-state index in [0.717, 1.165) is 17.0 Å². The van der Waals surface area contributed by atoms with E-state index in [0.29, 0.717) is 17.6 Å². The van der Waals surface area contributed by atoms with Crippen LogP contribution in [0.3, 0.4) is 0 Å². The smallest absolute Gasteiger partial charge is 0.183 e. The molecule has 0 fully saturated rings. The van der Waals surface area contributed by atoms with Crippen molar-refractivity contribution in [3.8, 4) is 0 Å². The van der Waals surface area contributed by atoms with Gasteiger partial charge in [-0.2, -0.15) is 0 Å². The van der Waals surface area contributed by atoms with Gasteiger partial charge in [0.2, 0.25) is 0 Å². The third-order valence-corrected chi connectivity index (χ3v) is 3.24. The fourth-order valence-electron chi connectivity index (χ4n) is 1.41. The number of halogens is 1. The lowest BCUT2D eigenvalue weighted by atomic mass is 10.4. The Labute approximate surface area is 108 Å². The van der Waals surface area contributed by atoms with Gasteiger partial charge in [-0.15, -0.1) is 11.3 Å². The molecule has 2 heterocycles. The van der Waals surface area contributed by atoms with Crippen LogP contribution in [0.2, 0.25) is 4.47 Å². The molecule has 0 unspecified atom stereocenters. The van der Waals surface area contributed by atoms with Crippen molar-refractivity contribution in [2.45, 2.75) is 6.54 Å². The van der Waals surface area contributed by atoms with E-state index in [9.17, 15) is 4.79 Å². The highest BCUT2D eigenvalue weighted by Gasteiger charge is 2.09. The summed E-state index contributed by atoms with van der Waals surface area (Å²) in [5.41, 5.74) is 0. The summed E-state index contributed by atoms with van der Waals surface area (Å²) in [6, 6.07) is 5.60. The van der Waals surface area contributed by atoms with Gasteiger partial charge in [-0.1, -0.05) is 17.7 Å². The molecule has 0 aromatic carbocycles. The fourth-order valence-corrected chi connectivity index (χ4v) is 2.41. The predicted octanol–water partition coefficient (Wildman–Crippen LogP) is 2.40. The zero-order valence-corrected chi connectivity index (χ0v) is 10.5. The zero-order chi connectivity index (χ0) is 12.1. The Morgan fingerprint density at radius 3 is 2.88 bits per heavy atom. The Morgan fingerprint density at radius 1 is 1.41 bits per heavy atom. The molecule has 0 atom stereocenters. The van der Waals surface area contributed by atoms with Gasteiger partial charge in [0.1, 0.15) is 12.1 Å². The highest BCUT2D eigenvalue weighted by molar-refractivity contribution is 7.15. The van der Waals surface area contributed by atoms with Crippen molar-refractivity contribution in [3.05, 3.63) is 39.9 Å². The maximum Gasteiger partial charge on any atom is 0.183 e. The lowest BCUT2D eigenvalue weighted by molar-refractivity contribution is -0.106. The molecule has 0 N–H and O–H groups in total. The number of pyridine rings is 1. The number of hydrogen-bond donors (Lipinski definition) is 0. The first-order valence-electron chi connectivity index (χ1n) is 4.99. The number of thiazole rings is 1. The van der Waals surface area contributed by atoms with Gasteiger partial charge in [0, 0.05) is 17.3 Å². The summed E-state index contributed by atoms with van der Waals surface area (Å²) < 4.78 is 0.507. The largest absolute Gasteiger partial charge is 0.344 e. The van der Waals surface area contributed by atoms with Gasteiger partial charge in [-0.05, 0) is 12.1 Å². The molecule has 2 rings (SSSR count). The van der Waals surface area contributed by atoms with Crippen LogP contribution in [0.15, 0.2) is 30.6 Å². The van der Waals surface area contributed by atoms with Crippen LogP contribution in [0.4, 0.5) is 5.82 Å². The molecule has 2 aromatic rings. The first-order chi connectivity index (χ1) is 8.29. The van der Waals surface area contributed by atoms with Gasteiger partial charge < -0.3 is 9.69 Å². The van der Waals surface area contributed by atoms with Gasteiger partial charge >= 0.3 is 0 Å². The van der Waals surface area contributed by atoms with E-state index < -0.39 is 0 Å².